The zero-order valence-electron chi connectivity index (χ0n) is 8.81. The van der Waals surface area contributed by atoms with E-state index in [1.54, 1.807) is 0 Å². The normalized spacial score (nSPS) is 25.8. The molecular formula is C10H22N2S. The summed E-state index contributed by atoms with van der Waals surface area (Å²) in [5.74, 6) is 1.22. The van der Waals surface area contributed by atoms with Crippen molar-refractivity contribution in [2.24, 2.45) is 0 Å². The fourth-order valence-corrected chi connectivity index (χ4v) is 2.37. The second-order valence-electron chi connectivity index (χ2n) is 3.91. The molecule has 2 N–H and O–H groups in total. The first-order chi connectivity index (χ1) is 6.33. The molecule has 1 heterocycles. The Hall–Kier alpha value is 0.270. The molecule has 1 rings (SSSR count). The van der Waals surface area contributed by atoms with Crippen LogP contribution < -0.4 is 10.6 Å². The van der Waals surface area contributed by atoms with Crippen molar-refractivity contribution in [1.82, 2.24) is 10.6 Å². The number of piperidine rings is 1. The predicted molar refractivity (Wildman–Crippen MR) is 61.5 cm³/mol. The van der Waals surface area contributed by atoms with E-state index in [0.29, 0.717) is 6.04 Å². The SMILES string of the molecule is CSCC(C)NCC1CCCCN1. The van der Waals surface area contributed by atoms with Crippen LogP contribution in [0.25, 0.3) is 0 Å². The molecule has 1 saturated heterocycles. The lowest BCUT2D eigenvalue weighted by molar-refractivity contribution is 0.374. The summed E-state index contributed by atoms with van der Waals surface area (Å²) in [7, 11) is 0. The molecule has 0 radical (unpaired) electrons. The van der Waals surface area contributed by atoms with E-state index in [1.165, 1.54) is 31.6 Å². The maximum Gasteiger partial charge on any atom is 0.0192 e. The smallest absolute Gasteiger partial charge is 0.0192 e. The molecule has 0 bridgehead atoms. The predicted octanol–water partition coefficient (Wildman–Crippen LogP) is 1.47. The zero-order valence-corrected chi connectivity index (χ0v) is 9.62. The van der Waals surface area contributed by atoms with Gasteiger partial charge >= 0.3 is 0 Å². The number of rotatable bonds is 5. The molecule has 2 nitrogen and oxygen atoms in total. The summed E-state index contributed by atoms with van der Waals surface area (Å²) >= 11 is 1.91. The minimum absolute atomic E-state index is 0.652. The Morgan fingerprint density at radius 2 is 2.38 bits per heavy atom. The summed E-state index contributed by atoms with van der Waals surface area (Å²) in [5, 5.41) is 7.12. The Morgan fingerprint density at radius 1 is 1.54 bits per heavy atom. The van der Waals surface area contributed by atoms with Gasteiger partial charge in [-0.05, 0) is 32.6 Å². The Morgan fingerprint density at radius 3 is 3.00 bits per heavy atom. The minimum Gasteiger partial charge on any atom is -0.313 e. The van der Waals surface area contributed by atoms with Gasteiger partial charge in [0.1, 0.15) is 0 Å². The molecule has 3 heteroatoms. The van der Waals surface area contributed by atoms with E-state index < -0.39 is 0 Å². The fraction of sp³-hybridized carbons (Fsp3) is 1.00. The molecule has 2 unspecified atom stereocenters. The lowest BCUT2D eigenvalue weighted by atomic mass is 10.1. The number of hydrogen-bond acceptors (Lipinski definition) is 3. The van der Waals surface area contributed by atoms with E-state index in [-0.39, 0.29) is 0 Å². The van der Waals surface area contributed by atoms with Crippen LogP contribution in [-0.2, 0) is 0 Å². The van der Waals surface area contributed by atoms with Crippen LogP contribution in [0.5, 0.6) is 0 Å². The first-order valence-corrected chi connectivity index (χ1v) is 6.68. The van der Waals surface area contributed by atoms with Gasteiger partial charge < -0.3 is 10.6 Å². The van der Waals surface area contributed by atoms with E-state index in [1.807, 2.05) is 11.8 Å². The van der Waals surface area contributed by atoms with Crippen LogP contribution in [0.4, 0.5) is 0 Å². The van der Waals surface area contributed by atoms with Gasteiger partial charge in [0, 0.05) is 24.4 Å². The average molecular weight is 202 g/mol. The Balaban J connectivity index is 2.03. The van der Waals surface area contributed by atoms with Crippen LogP contribution in [0, 0.1) is 0 Å². The van der Waals surface area contributed by atoms with Crippen molar-refractivity contribution in [3.8, 4) is 0 Å². The molecule has 0 aromatic rings. The molecule has 0 spiro atoms. The van der Waals surface area contributed by atoms with Crippen LogP contribution in [0.1, 0.15) is 26.2 Å². The largest absolute Gasteiger partial charge is 0.313 e. The monoisotopic (exact) mass is 202 g/mol. The third kappa shape index (κ3) is 4.89. The van der Waals surface area contributed by atoms with E-state index in [4.69, 9.17) is 0 Å². The molecule has 0 aliphatic carbocycles. The minimum atomic E-state index is 0.652. The molecule has 78 valence electrons. The van der Waals surface area contributed by atoms with Gasteiger partial charge in [0.05, 0.1) is 0 Å². The Bertz CT molecular complexity index is 124. The van der Waals surface area contributed by atoms with Crippen molar-refractivity contribution >= 4 is 11.8 Å². The van der Waals surface area contributed by atoms with Crippen LogP contribution >= 0.6 is 11.8 Å². The lowest BCUT2D eigenvalue weighted by Gasteiger charge is -2.25. The van der Waals surface area contributed by atoms with Crippen molar-refractivity contribution < 1.29 is 0 Å². The fourth-order valence-electron chi connectivity index (χ4n) is 1.75. The van der Waals surface area contributed by atoms with Crippen LogP contribution in [0.15, 0.2) is 0 Å². The van der Waals surface area contributed by atoms with Gasteiger partial charge in [-0.1, -0.05) is 6.42 Å². The summed E-state index contributed by atoms with van der Waals surface area (Å²) in [6.07, 6.45) is 6.27. The summed E-state index contributed by atoms with van der Waals surface area (Å²) in [6.45, 7) is 4.62. The molecule has 0 aromatic carbocycles. The topological polar surface area (TPSA) is 24.1 Å². The summed E-state index contributed by atoms with van der Waals surface area (Å²) in [6, 6.07) is 1.37. The number of hydrogen-bond donors (Lipinski definition) is 2. The molecule has 1 fully saturated rings. The van der Waals surface area contributed by atoms with Gasteiger partial charge in [-0.3, -0.25) is 0 Å². The number of thioether (sulfide) groups is 1. The highest BCUT2D eigenvalue weighted by Gasteiger charge is 2.12. The lowest BCUT2D eigenvalue weighted by Crippen LogP contribution is -2.44. The van der Waals surface area contributed by atoms with Gasteiger partial charge in [0.25, 0.3) is 0 Å². The van der Waals surface area contributed by atoms with Gasteiger partial charge in [0.2, 0.25) is 0 Å². The molecular weight excluding hydrogens is 180 g/mol. The average Bonchev–Trinajstić information content (AvgIpc) is 2.17. The zero-order chi connectivity index (χ0) is 9.52. The molecule has 1 aliphatic rings. The molecule has 0 amide bonds. The second-order valence-corrected chi connectivity index (χ2v) is 4.82. The molecule has 2 atom stereocenters. The van der Waals surface area contributed by atoms with Crippen molar-refractivity contribution in [3.63, 3.8) is 0 Å². The molecule has 0 saturated carbocycles. The Kier molecular flexibility index (Phi) is 5.83. The third-order valence-electron chi connectivity index (χ3n) is 2.54. The van der Waals surface area contributed by atoms with Crippen molar-refractivity contribution in [2.45, 2.75) is 38.3 Å². The van der Waals surface area contributed by atoms with Gasteiger partial charge in [0.15, 0.2) is 0 Å². The second kappa shape index (κ2) is 6.68. The van der Waals surface area contributed by atoms with Gasteiger partial charge in [-0.2, -0.15) is 11.8 Å². The van der Waals surface area contributed by atoms with Crippen molar-refractivity contribution in [3.05, 3.63) is 0 Å². The molecule has 0 aromatic heterocycles. The van der Waals surface area contributed by atoms with Gasteiger partial charge in [-0.15, -0.1) is 0 Å². The number of nitrogens with one attached hydrogen (secondary N) is 2. The summed E-state index contributed by atoms with van der Waals surface area (Å²) in [5.41, 5.74) is 0. The van der Waals surface area contributed by atoms with Crippen LogP contribution in [0.2, 0.25) is 0 Å². The first kappa shape index (κ1) is 11.3. The third-order valence-corrected chi connectivity index (χ3v) is 3.38. The first-order valence-electron chi connectivity index (χ1n) is 5.28. The maximum atomic E-state index is 3.57. The van der Waals surface area contributed by atoms with Crippen molar-refractivity contribution in [1.29, 1.82) is 0 Å². The van der Waals surface area contributed by atoms with E-state index in [0.717, 1.165) is 12.6 Å². The van der Waals surface area contributed by atoms with Gasteiger partial charge in [-0.25, -0.2) is 0 Å². The van der Waals surface area contributed by atoms with Crippen molar-refractivity contribution in [2.75, 3.05) is 25.1 Å². The summed E-state index contributed by atoms with van der Waals surface area (Å²) < 4.78 is 0. The highest BCUT2D eigenvalue weighted by molar-refractivity contribution is 7.98. The van der Waals surface area contributed by atoms with Crippen LogP contribution in [-0.4, -0.2) is 37.2 Å². The Labute approximate surface area is 86.2 Å². The van der Waals surface area contributed by atoms with Crippen LogP contribution in [0.3, 0.4) is 0 Å². The quantitative estimate of drug-likeness (QED) is 0.706. The highest BCUT2D eigenvalue weighted by atomic mass is 32.2. The van der Waals surface area contributed by atoms with E-state index in [9.17, 15) is 0 Å². The molecule has 1 aliphatic heterocycles. The summed E-state index contributed by atoms with van der Waals surface area (Å²) in [4.78, 5) is 0. The highest BCUT2D eigenvalue weighted by Crippen LogP contribution is 2.06. The maximum absolute atomic E-state index is 3.57. The van der Waals surface area contributed by atoms with E-state index >= 15 is 0 Å². The van der Waals surface area contributed by atoms with E-state index in [2.05, 4.69) is 23.8 Å². The standard InChI is InChI=1S/C10H22N2S/c1-9(8-13-2)12-7-10-5-3-4-6-11-10/h9-12H,3-8H2,1-2H3. The molecule has 13 heavy (non-hydrogen) atoms.